The molecule has 0 bridgehead atoms. The van der Waals surface area contributed by atoms with Gasteiger partial charge in [0.05, 0.1) is 4.88 Å². The number of rotatable bonds is 3. The summed E-state index contributed by atoms with van der Waals surface area (Å²) in [6.07, 6.45) is 2.77. The predicted octanol–water partition coefficient (Wildman–Crippen LogP) is 3.71. The van der Waals surface area contributed by atoms with Crippen molar-refractivity contribution >= 4 is 21.4 Å². The van der Waals surface area contributed by atoms with E-state index in [4.69, 9.17) is 0 Å². The molecule has 0 saturated heterocycles. The van der Waals surface area contributed by atoms with Gasteiger partial charge in [-0.2, -0.15) is 0 Å². The number of aromatic nitrogens is 3. The highest BCUT2D eigenvalue weighted by atomic mass is 32.1. The van der Waals surface area contributed by atoms with Crippen LogP contribution in [0.2, 0.25) is 0 Å². The first-order valence-corrected chi connectivity index (χ1v) is 6.67. The molecule has 2 aromatic heterocycles. The molecule has 0 aliphatic rings. The minimum absolute atomic E-state index is 0.203. The highest BCUT2D eigenvalue weighted by Gasteiger charge is 2.10. The summed E-state index contributed by atoms with van der Waals surface area (Å²) in [7, 11) is 0. The molecule has 3 nitrogen and oxygen atoms in total. The van der Waals surface area contributed by atoms with Gasteiger partial charge in [-0.15, -0.1) is 21.5 Å². The minimum atomic E-state index is -0.203. The van der Waals surface area contributed by atoms with Crippen LogP contribution in [0.5, 0.6) is 0 Å². The highest BCUT2D eigenvalue weighted by Crippen LogP contribution is 2.32. The summed E-state index contributed by atoms with van der Waals surface area (Å²) in [5.74, 6) is 0.657. The molecule has 0 fully saturated rings. The van der Waals surface area contributed by atoms with Crippen LogP contribution in [0.25, 0.3) is 20.8 Å². The first kappa shape index (κ1) is 11.3. The van der Waals surface area contributed by atoms with Crippen molar-refractivity contribution < 1.29 is 4.39 Å². The maximum absolute atomic E-state index is 13.2. The molecule has 18 heavy (non-hydrogen) atoms. The van der Waals surface area contributed by atoms with Crippen molar-refractivity contribution in [1.29, 1.82) is 0 Å². The van der Waals surface area contributed by atoms with E-state index in [0.717, 1.165) is 33.8 Å². The molecular weight excluding hydrogens is 249 g/mol. The number of halogens is 1. The van der Waals surface area contributed by atoms with Gasteiger partial charge in [-0.1, -0.05) is 13.0 Å². The summed E-state index contributed by atoms with van der Waals surface area (Å²) in [6.45, 7) is 3.01. The third kappa shape index (κ3) is 1.90. The van der Waals surface area contributed by atoms with E-state index in [0.29, 0.717) is 0 Å². The molecular formula is C13H12FN3S. The van der Waals surface area contributed by atoms with E-state index in [2.05, 4.69) is 17.1 Å². The van der Waals surface area contributed by atoms with E-state index in [-0.39, 0.29) is 5.82 Å². The van der Waals surface area contributed by atoms with Crippen molar-refractivity contribution in [3.05, 3.63) is 36.4 Å². The van der Waals surface area contributed by atoms with Gasteiger partial charge in [-0.25, -0.2) is 4.39 Å². The summed E-state index contributed by atoms with van der Waals surface area (Å²) < 4.78 is 16.1. The first-order valence-electron chi connectivity index (χ1n) is 5.85. The van der Waals surface area contributed by atoms with Crippen LogP contribution in [0.1, 0.15) is 13.3 Å². The Labute approximate surface area is 108 Å². The summed E-state index contributed by atoms with van der Waals surface area (Å²) in [6, 6.07) is 6.88. The highest BCUT2D eigenvalue weighted by molar-refractivity contribution is 7.22. The molecule has 3 aromatic rings. The van der Waals surface area contributed by atoms with Crippen LogP contribution in [0.15, 0.2) is 30.6 Å². The maximum Gasteiger partial charge on any atom is 0.173 e. The van der Waals surface area contributed by atoms with Crippen LogP contribution in [0.4, 0.5) is 4.39 Å². The fourth-order valence-electron chi connectivity index (χ4n) is 1.97. The predicted molar refractivity (Wildman–Crippen MR) is 71.1 cm³/mol. The van der Waals surface area contributed by atoms with Crippen LogP contribution in [0, 0.1) is 5.82 Å². The molecule has 1 aromatic carbocycles. The lowest BCUT2D eigenvalue weighted by atomic mass is 10.2. The summed E-state index contributed by atoms with van der Waals surface area (Å²) >= 11 is 1.55. The number of hydrogen-bond acceptors (Lipinski definition) is 3. The average molecular weight is 261 g/mol. The third-order valence-electron chi connectivity index (χ3n) is 2.78. The Balaban J connectivity index is 2.10. The molecule has 92 valence electrons. The SMILES string of the molecule is CCCn1cnnc1-c1cc2ccc(F)cc2s1. The average Bonchev–Trinajstić information content (AvgIpc) is 2.94. The third-order valence-corrected chi connectivity index (χ3v) is 3.88. The van der Waals surface area contributed by atoms with Gasteiger partial charge in [-0.05, 0) is 30.0 Å². The second-order valence-corrected chi connectivity index (χ2v) is 5.22. The molecule has 0 saturated carbocycles. The Morgan fingerprint density at radius 1 is 1.33 bits per heavy atom. The van der Waals surface area contributed by atoms with Gasteiger partial charge in [-0.3, -0.25) is 0 Å². The minimum Gasteiger partial charge on any atom is -0.313 e. The molecule has 0 N–H and O–H groups in total. The molecule has 0 aliphatic carbocycles. The van der Waals surface area contributed by atoms with Crippen molar-refractivity contribution in [3.8, 4) is 10.7 Å². The molecule has 5 heteroatoms. The van der Waals surface area contributed by atoms with Gasteiger partial charge in [0.15, 0.2) is 5.82 Å². The second kappa shape index (κ2) is 4.49. The molecule has 0 atom stereocenters. The molecule has 2 heterocycles. The monoisotopic (exact) mass is 261 g/mol. The summed E-state index contributed by atoms with van der Waals surface area (Å²) in [4.78, 5) is 1.03. The van der Waals surface area contributed by atoms with Crippen molar-refractivity contribution in [1.82, 2.24) is 14.8 Å². The standard InChI is InChI=1S/C13H12FN3S/c1-2-5-17-8-15-16-13(17)12-6-9-3-4-10(14)7-11(9)18-12/h3-4,6-8H,2,5H2,1H3. The Kier molecular flexibility index (Phi) is 2.83. The lowest BCUT2D eigenvalue weighted by Gasteiger charge is -2.01. The van der Waals surface area contributed by atoms with E-state index < -0.39 is 0 Å². The van der Waals surface area contributed by atoms with E-state index in [9.17, 15) is 4.39 Å². The van der Waals surface area contributed by atoms with Gasteiger partial charge in [0.1, 0.15) is 12.1 Å². The first-order chi connectivity index (χ1) is 8.78. The van der Waals surface area contributed by atoms with Gasteiger partial charge in [0, 0.05) is 11.2 Å². The molecule has 0 spiro atoms. The van der Waals surface area contributed by atoms with Crippen molar-refractivity contribution in [3.63, 3.8) is 0 Å². The van der Waals surface area contributed by atoms with Gasteiger partial charge < -0.3 is 4.57 Å². The topological polar surface area (TPSA) is 30.7 Å². The zero-order valence-corrected chi connectivity index (χ0v) is 10.7. The lowest BCUT2D eigenvalue weighted by Crippen LogP contribution is -1.96. The smallest absolute Gasteiger partial charge is 0.173 e. The van der Waals surface area contributed by atoms with Gasteiger partial charge in [0.25, 0.3) is 0 Å². The van der Waals surface area contributed by atoms with E-state index in [1.807, 2.05) is 10.6 Å². The molecule has 3 rings (SSSR count). The Morgan fingerprint density at radius 3 is 3.06 bits per heavy atom. The summed E-state index contributed by atoms with van der Waals surface area (Å²) in [5, 5.41) is 9.15. The van der Waals surface area contributed by atoms with Crippen molar-refractivity contribution in [2.75, 3.05) is 0 Å². The largest absolute Gasteiger partial charge is 0.313 e. The Bertz CT molecular complexity index is 686. The molecule has 0 amide bonds. The van der Waals surface area contributed by atoms with Crippen LogP contribution < -0.4 is 0 Å². The fourth-order valence-corrected chi connectivity index (χ4v) is 3.05. The van der Waals surface area contributed by atoms with Crippen LogP contribution >= 0.6 is 11.3 Å². The van der Waals surface area contributed by atoms with E-state index in [1.165, 1.54) is 6.07 Å². The maximum atomic E-state index is 13.2. The lowest BCUT2D eigenvalue weighted by molar-refractivity contribution is 0.630. The number of benzene rings is 1. The van der Waals surface area contributed by atoms with Crippen LogP contribution in [-0.2, 0) is 6.54 Å². The Hall–Kier alpha value is -1.75. The zero-order valence-electron chi connectivity index (χ0n) is 9.93. The molecule has 0 aliphatic heterocycles. The Morgan fingerprint density at radius 2 is 2.22 bits per heavy atom. The van der Waals surface area contributed by atoms with Crippen molar-refractivity contribution in [2.45, 2.75) is 19.9 Å². The van der Waals surface area contributed by atoms with Gasteiger partial charge >= 0.3 is 0 Å². The molecule has 0 unspecified atom stereocenters. The number of nitrogens with zero attached hydrogens (tertiary/aromatic N) is 3. The number of thiophene rings is 1. The number of aryl methyl sites for hydroxylation is 1. The second-order valence-electron chi connectivity index (χ2n) is 4.14. The van der Waals surface area contributed by atoms with Gasteiger partial charge in [0.2, 0.25) is 0 Å². The summed E-state index contributed by atoms with van der Waals surface area (Å²) in [5.41, 5.74) is 0. The van der Waals surface area contributed by atoms with E-state index >= 15 is 0 Å². The zero-order chi connectivity index (χ0) is 12.5. The van der Waals surface area contributed by atoms with E-state index in [1.54, 1.807) is 29.8 Å². The number of hydrogen-bond donors (Lipinski definition) is 0. The quantitative estimate of drug-likeness (QED) is 0.719. The normalized spacial score (nSPS) is 11.2. The molecule has 0 radical (unpaired) electrons. The van der Waals surface area contributed by atoms with Crippen LogP contribution in [-0.4, -0.2) is 14.8 Å². The van der Waals surface area contributed by atoms with Crippen LogP contribution in [0.3, 0.4) is 0 Å². The van der Waals surface area contributed by atoms with Crippen molar-refractivity contribution in [2.24, 2.45) is 0 Å². The fraction of sp³-hybridized carbons (Fsp3) is 0.231. The number of fused-ring (bicyclic) bond motifs is 1.